The number of halogens is 2. The monoisotopic (exact) mass is 445 g/mol. The third-order valence-electron chi connectivity index (χ3n) is 4.29. The van der Waals surface area contributed by atoms with Crippen LogP contribution < -0.4 is 10.3 Å². The lowest BCUT2D eigenvalue weighted by atomic mass is 10.1. The van der Waals surface area contributed by atoms with Crippen LogP contribution in [0.2, 0.25) is 0 Å². The zero-order valence-corrected chi connectivity index (χ0v) is 15.3. The lowest BCUT2D eigenvalue weighted by molar-refractivity contribution is 0.0695. The molecule has 1 aliphatic rings. The van der Waals surface area contributed by atoms with Gasteiger partial charge in [-0.05, 0) is 19.1 Å². The normalized spacial score (nSPS) is 15.9. The third-order valence-corrected chi connectivity index (χ3v) is 5.25. The highest BCUT2D eigenvalue weighted by Crippen LogP contribution is 2.26. The highest BCUT2D eigenvalue weighted by Gasteiger charge is 2.21. The lowest BCUT2D eigenvalue weighted by Crippen LogP contribution is -2.42. The Bertz CT molecular complexity index is 860. The molecule has 24 heavy (non-hydrogen) atoms. The summed E-state index contributed by atoms with van der Waals surface area (Å²) >= 11 is 2.25. The van der Waals surface area contributed by atoms with Gasteiger partial charge >= 0.3 is 5.97 Å². The number of carbonyl (C=O) groups is 1. The van der Waals surface area contributed by atoms with E-state index in [1.54, 1.807) is 10.6 Å². The van der Waals surface area contributed by atoms with Crippen LogP contribution in [0.1, 0.15) is 17.3 Å². The van der Waals surface area contributed by atoms with Crippen molar-refractivity contribution in [2.24, 2.45) is 0 Å². The van der Waals surface area contributed by atoms with E-state index in [9.17, 15) is 19.1 Å². The van der Waals surface area contributed by atoms with Crippen molar-refractivity contribution in [2.45, 2.75) is 13.5 Å². The predicted molar refractivity (Wildman–Crippen MR) is 98.6 cm³/mol. The van der Waals surface area contributed by atoms with E-state index in [0.717, 1.165) is 13.1 Å². The molecule has 0 amide bonds. The van der Waals surface area contributed by atoms with E-state index in [1.807, 2.05) is 11.8 Å². The SMILES string of the molecule is CCn1cc(C(=O)O)c(=O)c2cc(F)c(N3CCN(I)CC3)cc21. The standard InChI is InChI=1S/C16H17FIN3O3/c1-2-19-9-11(16(23)24)15(22)10-7-12(17)14(8-13(10)19)20-3-5-21(18)6-4-20/h7-9H,2-6H2,1H3,(H,23,24). The number of carboxylic acid groups (broad SMARTS) is 1. The topological polar surface area (TPSA) is 65.8 Å². The van der Waals surface area contributed by atoms with E-state index >= 15 is 0 Å². The van der Waals surface area contributed by atoms with Gasteiger partial charge in [0.15, 0.2) is 0 Å². The van der Waals surface area contributed by atoms with E-state index in [4.69, 9.17) is 0 Å². The van der Waals surface area contributed by atoms with Gasteiger partial charge in [0.1, 0.15) is 11.4 Å². The molecule has 1 aromatic carbocycles. The van der Waals surface area contributed by atoms with Crippen LogP contribution >= 0.6 is 22.9 Å². The summed E-state index contributed by atoms with van der Waals surface area (Å²) in [5.74, 6) is -1.79. The number of aryl methyl sites for hydroxylation is 1. The van der Waals surface area contributed by atoms with Gasteiger partial charge in [-0.2, -0.15) is 0 Å². The molecular formula is C16H17FIN3O3. The number of hydrogen-bond acceptors (Lipinski definition) is 4. The number of benzene rings is 1. The van der Waals surface area contributed by atoms with E-state index in [0.29, 0.717) is 30.8 Å². The summed E-state index contributed by atoms with van der Waals surface area (Å²) in [5, 5.41) is 9.28. The van der Waals surface area contributed by atoms with Crippen molar-refractivity contribution >= 4 is 45.4 Å². The maximum absolute atomic E-state index is 14.6. The van der Waals surface area contributed by atoms with E-state index in [1.165, 1.54) is 12.3 Å². The molecule has 1 aromatic heterocycles. The third kappa shape index (κ3) is 3.00. The molecule has 2 heterocycles. The number of aromatic carboxylic acids is 1. The van der Waals surface area contributed by atoms with Gasteiger partial charge in [-0.3, -0.25) is 4.79 Å². The molecule has 0 unspecified atom stereocenters. The van der Waals surface area contributed by atoms with Gasteiger partial charge in [-0.15, -0.1) is 0 Å². The Hall–Kier alpha value is -1.68. The fourth-order valence-electron chi connectivity index (χ4n) is 2.98. The van der Waals surface area contributed by atoms with Gasteiger partial charge in [-0.1, -0.05) is 0 Å². The second-order valence-corrected chi connectivity index (χ2v) is 7.05. The molecule has 1 fully saturated rings. The van der Waals surface area contributed by atoms with Crippen molar-refractivity contribution in [1.82, 2.24) is 7.68 Å². The molecule has 6 nitrogen and oxygen atoms in total. The van der Waals surface area contributed by atoms with E-state index in [-0.39, 0.29) is 10.9 Å². The number of fused-ring (bicyclic) bond motifs is 1. The molecule has 128 valence electrons. The minimum atomic E-state index is -1.30. The molecule has 0 bridgehead atoms. The van der Waals surface area contributed by atoms with E-state index in [2.05, 4.69) is 26.0 Å². The van der Waals surface area contributed by atoms with Gasteiger partial charge in [0, 0.05) is 67.2 Å². The van der Waals surface area contributed by atoms with Crippen LogP contribution in [0.5, 0.6) is 0 Å². The Morgan fingerprint density at radius 1 is 1.29 bits per heavy atom. The van der Waals surface area contributed by atoms with Gasteiger partial charge in [0.2, 0.25) is 5.43 Å². The number of piperazine rings is 1. The average molecular weight is 445 g/mol. The van der Waals surface area contributed by atoms with Crippen LogP contribution in [-0.4, -0.2) is 44.9 Å². The fraction of sp³-hybridized carbons (Fsp3) is 0.375. The second-order valence-electron chi connectivity index (χ2n) is 5.68. The van der Waals surface area contributed by atoms with Gasteiger partial charge in [0.05, 0.1) is 11.2 Å². The Morgan fingerprint density at radius 3 is 2.54 bits per heavy atom. The highest BCUT2D eigenvalue weighted by atomic mass is 127. The van der Waals surface area contributed by atoms with Crippen LogP contribution in [0.3, 0.4) is 0 Å². The van der Waals surface area contributed by atoms with Gasteiger partial charge < -0.3 is 14.6 Å². The molecule has 0 saturated carbocycles. The molecule has 0 aliphatic carbocycles. The molecule has 2 aromatic rings. The molecule has 8 heteroatoms. The number of nitrogens with zero attached hydrogens (tertiary/aromatic N) is 3. The number of aromatic nitrogens is 1. The zero-order chi connectivity index (χ0) is 17.4. The first-order chi connectivity index (χ1) is 11.4. The van der Waals surface area contributed by atoms with Crippen LogP contribution in [0.25, 0.3) is 10.9 Å². The average Bonchev–Trinajstić information content (AvgIpc) is 2.56. The Labute approximate surface area is 152 Å². The molecule has 0 atom stereocenters. The van der Waals surface area contributed by atoms with Crippen molar-refractivity contribution < 1.29 is 14.3 Å². The summed E-state index contributed by atoms with van der Waals surface area (Å²) in [6, 6.07) is 2.83. The number of hydrogen-bond donors (Lipinski definition) is 1. The number of anilines is 1. The molecule has 1 N–H and O–H groups in total. The van der Waals surface area contributed by atoms with Crippen molar-refractivity contribution in [3.63, 3.8) is 0 Å². The number of pyridine rings is 1. The summed E-state index contributed by atoms with van der Waals surface area (Å²) in [5.41, 5.74) is 0.0252. The Kier molecular flexibility index (Phi) is 4.77. The number of rotatable bonds is 3. The number of carboxylic acids is 1. The summed E-state index contributed by atoms with van der Waals surface area (Å²) in [6.45, 7) is 5.41. The van der Waals surface area contributed by atoms with Crippen molar-refractivity contribution in [3.8, 4) is 0 Å². The quantitative estimate of drug-likeness (QED) is 0.581. The van der Waals surface area contributed by atoms with Crippen LogP contribution in [0.4, 0.5) is 10.1 Å². The van der Waals surface area contributed by atoms with Gasteiger partial charge in [-0.25, -0.2) is 12.3 Å². The maximum Gasteiger partial charge on any atom is 0.341 e. The predicted octanol–water partition coefficient (Wildman–Crippen LogP) is 2.33. The van der Waals surface area contributed by atoms with E-state index < -0.39 is 17.2 Å². The van der Waals surface area contributed by atoms with Crippen LogP contribution in [-0.2, 0) is 6.54 Å². The molecule has 3 rings (SSSR count). The molecule has 0 spiro atoms. The summed E-state index contributed by atoms with van der Waals surface area (Å²) in [7, 11) is 0. The smallest absolute Gasteiger partial charge is 0.341 e. The van der Waals surface area contributed by atoms with Gasteiger partial charge in [0.25, 0.3) is 0 Å². The zero-order valence-electron chi connectivity index (χ0n) is 13.1. The highest BCUT2D eigenvalue weighted by molar-refractivity contribution is 14.1. The second kappa shape index (κ2) is 6.67. The van der Waals surface area contributed by atoms with Crippen LogP contribution in [0.15, 0.2) is 23.1 Å². The molecule has 1 saturated heterocycles. The first kappa shape index (κ1) is 17.2. The minimum Gasteiger partial charge on any atom is -0.477 e. The fourth-order valence-corrected chi connectivity index (χ4v) is 3.41. The maximum atomic E-state index is 14.6. The van der Waals surface area contributed by atoms with Crippen molar-refractivity contribution in [2.75, 3.05) is 31.1 Å². The molecule has 0 radical (unpaired) electrons. The first-order valence-electron chi connectivity index (χ1n) is 7.68. The lowest BCUT2D eigenvalue weighted by Gasteiger charge is -2.33. The Balaban J connectivity index is 2.18. The minimum absolute atomic E-state index is 0.102. The van der Waals surface area contributed by atoms with Crippen LogP contribution in [0, 0.1) is 5.82 Å². The summed E-state index contributed by atoms with van der Waals surface area (Å²) < 4.78 is 18.4. The first-order valence-corrected chi connectivity index (χ1v) is 8.64. The largest absolute Gasteiger partial charge is 0.477 e. The molecule has 1 aliphatic heterocycles. The summed E-state index contributed by atoms with van der Waals surface area (Å²) in [6.07, 6.45) is 1.33. The van der Waals surface area contributed by atoms with Crippen molar-refractivity contribution in [1.29, 1.82) is 0 Å². The Morgan fingerprint density at radius 2 is 1.96 bits per heavy atom. The molecular weight excluding hydrogens is 428 g/mol. The van der Waals surface area contributed by atoms with Crippen molar-refractivity contribution in [3.05, 3.63) is 39.9 Å². The summed E-state index contributed by atoms with van der Waals surface area (Å²) in [4.78, 5) is 25.5.